The van der Waals surface area contributed by atoms with Gasteiger partial charge in [0.05, 0.1) is 11.1 Å². The van der Waals surface area contributed by atoms with Crippen LogP contribution >= 0.6 is 0 Å². The summed E-state index contributed by atoms with van der Waals surface area (Å²) >= 11 is 0. The van der Waals surface area contributed by atoms with Gasteiger partial charge in [-0.15, -0.1) is 0 Å². The molecule has 196 valence electrons. The normalized spacial score (nSPS) is 16.3. The van der Waals surface area contributed by atoms with Crippen LogP contribution in [0.15, 0.2) is 79.0 Å². The Morgan fingerprint density at radius 1 is 0.923 bits per heavy atom. The third-order valence-corrected chi connectivity index (χ3v) is 7.66. The molecule has 0 radical (unpaired) electrons. The average molecular weight is 521 g/mol. The summed E-state index contributed by atoms with van der Waals surface area (Å²) in [6.07, 6.45) is 5.31. The highest BCUT2D eigenvalue weighted by Gasteiger charge is 2.30. The van der Waals surface area contributed by atoms with Gasteiger partial charge < -0.3 is 20.5 Å². The zero-order valence-corrected chi connectivity index (χ0v) is 21.6. The van der Waals surface area contributed by atoms with Gasteiger partial charge in [0.2, 0.25) is 0 Å². The van der Waals surface area contributed by atoms with E-state index in [1.54, 1.807) is 36.5 Å². The van der Waals surface area contributed by atoms with Crippen molar-refractivity contribution in [2.45, 2.75) is 18.9 Å². The van der Waals surface area contributed by atoms with E-state index in [-0.39, 0.29) is 23.7 Å². The summed E-state index contributed by atoms with van der Waals surface area (Å²) in [5.74, 6) is -0.699. The zero-order chi connectivity index (χ0) is 26.9. The highest BCUT2D eigenvalue weighted by molar-refractivity contribution is 6.36. The molecule has 7 heteroatoms. The van der Waals surface area contributed by atoms with Crippen molar-refractivity contribution in [3.8, 4) is 22.3 Å². The lowest BCUT2D eigenvalue weighted by molar-refractivity contribution is -0.110. The maximum absolute atomic E-state index is 14.8. The van der Waals surface area contributed by atoms with Crippen LogP contribution in [0.5, 0.6) is 0 Å². The second kappa shape index (κ2) is 10.3. The van der Waals surface area contributed by atoms with Crippen LogP contribution in [0, 0.1) is 5.82 Å². The predicted molar refractivity (Wildman–Crippen MR) is 153 cm³/mol. The topological polar surface area (TPSA) is 77.2 Å². The second-order valence-corrected chi connectivity index (χ2v) is 9.97. The van der Waals surface area contributed by atoms with Crippen LogP contribution in [0.4, 0.5) is 10.1 Å². The van der Waals surface area contributed by atoms with Gasteiger partial charge in [0.1, 0.15) is 5.82 Å². The van der Waals surface area contributed by atoms with Crippen LogP contribution in [0.3, 0.4) is 0 Å². The zero-order valence-electron chi connectivity index (χ0n) is 21.6. The third-order valence-electron chi connectivity index (χ3n) is 7.66. The minimum absolute atomic E-state index is 0.0648. The Hall–Kier alpha value is -4.49. The molecule has 3 aromatic carbocycles. The lowest BCUT2D eigenvalue weighted by atomic mass is 9.93. The minimum atomic E-state index is -0.358. The molecule has 3 heterocycles. The summed E-state index contributed by atoms with van der Waals surface area (Å²) in [6.45, 7) is 1.77. The van der Waals surface area contributed by atoms with Crippen molar-refractivity contribution in [2.75, 3.05) is 25.5 Å². The maximum Gasteiger partial charge on any atom is 0.256 e. The number of H-pyrrole nitrogens is 1. The number of aromatic amines is 1. The number of aromatic nitrogens is 1. The summed E-state index contributed by atoms with van der Waals surface area (Å²) in [6, 6.07) is 21.9. The molecule has 1 saturated heterocycles. The highest BCUT2D eigenvalue weighted by Crippen LogP contribution is 2.42. The fourth-order valence-electron chi connectivity index (χ4n) is 5.62. The Morgan fingerprint density at radius 3 is 2.41 bits per heavy atom. The standard InChI is InChI=1S/C32H29FN4O2/c1-37(21-14-16-34-17-15-21)32(39)25-19-35-28(29(25)20-8-3-2-4-9-20)18-24-30-23(22-10-5-6-12-26(22)33)11-7-13-27(30)36-31(24)38/h2-13,18-19,21,34-35H,14-17H2,1H3,(H,36,38)/b24-18-. The van der Waals surface area contributed by atoms with E-state index < -0.39 is 0 Å². The number of nitrogens with zero attached hydrogens (tertiary/aromatic N) is 1. The lowest BCUT2D eigenvalue weighted by Crippen LogP contribution is -2.44. The lowest BCUT2D eigenvalue weighted by Gasteiger charge is -2.31. The first kappa shape index (κ1) is 24.8. The Kier molecular flexibility index (Phi) is 6.59. The Morgan fingerprint density at radius 2 is 1.64 bits per heavy atom. The molecule has 0 saturated carbocycles. The van der Waals surface area contributed by atoms with Crippen molar-refractivity contribution in [1.82, 2.24) is 15.2 Å². The summed E-state index contributed by atoms with van der Waals surface area (Å²) in [5.41, 5.74) is 5.53. The number of benzene rings is 3. The number of hydrogen-bond donors (Lipinski definition) is 3. The Bertz CT molecular complexity index is 1580. The van der Waals surface area contributed by atoms with E-state index in [9.17, 15) is 14.0 Å². The molecule has 39 heavy (non-hydrogen) atoms. The molecule has 4 aromatic rings. The van der Waals surface area contributed by atoms with E-state index in [0.29, 0.717) is 39.2 Å². The highest BCUT2D eigenvalue weighted by atomic mass is 19.1. The van der Waals surface area contributed by atoms with Gasteiger partial charge in [0, 0.05) is 47.4 Å². The van der Waals surface area contributed by atoms with Crippen LogP contribution in [0.1, 0.15) is 34.5 Å². The first-order valence-electron chi connectivity index (χ1n) is 13.2. The number of nitrogens with one attached hydrogen (secondary N) is 3. The molecule has 0 atom stereocenters. The van der Waals surface area contributed by atoms with Gasteiger partial charge in [-0.3, -0.25) is 9.59 Å². The monoisotopic (exact) mass is 520 g/mol. The van der Waals surface area contributed by atoms with Gasteiger partial charge in [-0.05, 0) is 55.3 Å². The smallest absolute Gasteiger partial charge is 0.256 e. The number of hydrogen-bond acceptors (Lipinski definition) is 3. The van der Waals surface area contributed by atoms with Crippen molar-refractivity contribution < 1.29 is 14.0 Å². The number of amides is 2. The first-order valence-corrected chi connectivity index (χ1v) is 13.2. The van der Waals surface area contributed by atoms with Crippen LogP contribution in [-0.4, -0.2) is 47.9 Å². The fourth-order valence-corrected chi connectivity index (χ4v) is 5.62. The maximum atomic E-state index is 14.8. The molecule has 6 nitrogen and oxygen atoms in total. The quantitative estimate of drug-likeness (QED) is 0.291. The minimum Gasteiger partial charge on any atom is -0.360 e. The van der Waals surface area contributed by atoms with Crippen LogP contribution in [0.2, 0.25) is 0 Å². The van der Waals surface area contributed by atoms with Crippen LogP contribution < -0.4 is 10.6 Å². The van der Waals surface area contributed by atoms with Gasteiger partial charge >= 0.3 is 0 Å². The van der Waals surface area contributed by atoms with E-state index in [0.717, 1.165) is 37.1 Å². The van der Waals surface area contributed by atoms with Gasteiger partial charge in [0.15, 0.2) is 0 Å². The summed E-state index contributed by atoms with van der Waals surface area (Å²) in [5, 5.41) is 6.27. The largest absolute Gasteiger partial charge is 0.360 e. The summed E-state index contributed by atoms with van der Waals surface area (Å²) in [7, 11) is 1.86. The molecule has 0 spiro atoms. The molecule has 6 rings (SSSR count). The van der Waals surface area contributed by atoms with Crippen LogP contribution in [0.25, 0.3) is 33.9 Å². The first-order chi connectivity index (χ1) is 19.0. The molecule has 1 aromatic heterocycles. The van der Waals surface area contributed by atoms with Gasteiger partial charge in [-0.2, -0.15) is 0 Å². The number of piperidine rings is 1. The van der Waals surface area contributed by atoms with Crippen molar-refractivity contribution >= 4 is 29.2 Å². The molecule has 0 unspecified atom stereocenters. The number of rotatable bonds is 5. The SMILES string of the molecule is CN(C(=O)c1c[nH]c(/C=C2\C(=O)Nc3cccc(-c4ccccc4F)c32)c1-c1ccccc1)C1CCNCC1. The third kappa shape index (κ3) is 4.55. The number of carbonyl (C=O) groups excluding carboxylic acids is 2. The van der Waals surface area contributed by atoms with Crippen molar-refractivity contribution in [3.05, 3.63) is 102 Å². The number of carbonyl (C=O) groups is 2. The Labute approximate surface area is 226 Å². The molecule has 2 aliphatic heterocycles. The van der Waals surface area contributed by atoms with Gasteiger partial charge in [0.25, 0.3) is 11.8 Å². The molecule has 1 fully saturated rings. The molecule has 2 aliphatic rings. The molecular formula is C32H29FN4O2. The average Bonchev–Trinajstić information content (AvgIpc) is 3.54. The van der Waals surface area contributed by atoms with E-state index in [2.05, 4.69) is 15.6 Å². The second-order valence-electron chi connectivity index (χ2n) is 9.97. The number of anilines is 1. The van der Waals surface area contributed by atoms with Gasteiger partial charge in [-0.25, -0.2) is 4.39 Å². The van der Waals surface area contributed by atoms with E-state index in [4.69, 9.17) is 0 Å². The van der Waals surface area contributed by atoms with E-state index >= 15 is 0 Å². The van der Waals surface area contributed by atoms with Gasteiger partial charge in [-0.1, -0.05) is 60.7 Å². The van der Waals surface area contributed by atoms with Crippen molar-refractivity contribution in [1.29, 1.82) is 0 Å². The summed E-state index contributed by atoms with van der Waals surface area (Å²) < 4.78 is 14.8. The number of fused-ring (bicyclic) bond motifs is 1. The molecule has 3 N–H and O–H groups in total. The predicted octanol–water partition coefficient (Wildman–Crippen LogP) is 5.80. The fraction of sp³-hybridized carbons (Fsp3) is 0.188. The molecule has 0 bridgehead atoms. The van der Waals surface area contributed by atoms with Crippen molar-refractivity contribution in [3.63, 3.8) is 0 Å². The molecule has 2 amide bonds. The van der Waals surface area contributed by atoms with E-state index in [1.165, 1.54) is 6.07 Å². The Balaban J connectivity index is 1.48. The van der Waals surface area contributed by atoms with Crippen LogP contribution in [-0.2, 0) is 4.79 Å². The molecular weight excluding hydrogens is 491 g/mol. The molecule has 0 aliphatic carbocycles. The number of halogens is 1. The van der Waals surface area contributed by atoms with Crippen molar-refractivity contribution in [2.24, 2.45) is 0 Å². The summed E-state index contributed by atoms with van der Waals surface area (Å²) in [4.78, 5) is 32.1. The van der Waals surface area contributed by atoms with E-state index in [1.807, 2.05) is 54.4 Å².